The number of anilines is 2. The van der Waals surface area contributed by atoms with Gasteiger partial charge >= 0.3 is 11.8 Å². The maximum atomic E-state index is 12.4. The van der Waals surface area contributed by atoms with Crippen LogP contribution in [0.25, 0.3) is 0 Å². The number of aliphatic imine (C=N–C) groups is 2. The third-order valence-electron chi connectivity index (χ3n) is 4.34. The normalized spacial score (nSPS) is 18.1. The molecule has 0 aromatic heterocycles. The van der Waals surface area contributed by atoms with Crippen LogP contribution < -0.4 is 10.6 Å². The molecule has 1 atom stereocenters. The van der Waals surface area contributed by atoms with Crippen LogP contribution in [0.4, 0.5) is 11.4 Å². The minimum Gasteiger partial charge on any atom is -0.317 e. The first-order chi connectivity index (χ1) is 13.0. The molecular formula is C21H22N4O2. The summed E-state index contributed by atoms with van der Waals surface area (Å²) in [6.07, 6.45) is 0. The van der Waals surface area contributed by atoms with E-state index in [0.717, 1.165) is 22.6 Å². The Morgan fingerprint density at radius 1 is 0.815 bits per heavy atom. The lowest BCUT2D eigenvalue weighted by Crippen LogP contribution is -2.30. The minimum absolute atomic E-state index is 0.0200. The fourth-order valence-electron chi connectivity index (χ4n) is 2.97. The number of carbonyl (C=O) groups is 2. The van der Waals surface area contributed by atoms with E-state index in [1.54, 1.807) is 24.3 Å². The first kappa shape index (κ1) is 18.5. The fraction of sp³-hybridized carbons (Fsp3) is 0.238. The highest BCUT2D eigenvalue weighted by atomic mass is 16.2. The van der Waals surface area contributed by atoms with Crippen molar-refractivity contribution in [1.82, 2.24) is 0 Å². The molecule has 0 saturated carbocycles. The van der Waals surface area contributed by atoms with Crippen LogP contribution in [-0.2, 0) is 9.59 Å². The van der Waals surface area contributed by atoms with Gasteiger partial charge in [0, 0.05) is 22.6 Å². The lowest BCUT2D eigenvalue weighted by atomic mass is 10.1. The molecule has 2 aromatic rings. The first-order valence-electron chi connectivity index (χ1n) is 8.82. The van der Waals surface area contributed by atoms with Gasteiger partial charge in [-0.1, -0.05) is 36.4 Å². The van der Waals surface area contributed by atoms with Crippen molar-refractivity contribution in [3.05, 3.63) is 59.7 Å². The Hall–Kier alpha value is -3.28. The van der Waals surface area contributed by atoms with Crippen molar-refractivity contribution in [2.45, 2.75) is 26.8 Å². The van der Waals surface area contributed by atoms with Gasteiger partial charge in [0.05, 0.1) is 24.0 Å². The quantitative estimate of drug-likeness (QED) is 0.705. The summed E-state index contributed by atoms with van der Waals surface area (Å²) in [6, 6.07) is 14.6. The lowest BCUT2D eigenvalue weighted by Gasteiger charge is -2.15. The van der Waals surface area contributed by atoms with Gasteiger partial charge in [0.2, 0.25) is 0 Å². The second-order valence-corrected chi connectivity index (χ2v) is 6.49. The number of hydrogen-bond acceptors (Lipinski definition) is 4. The molecule has 1 unspecified atom stereocenters. The van der Waals surface area contributed by atoms with Crippen molar-refractivity contribution < 1.29 is 9.59 Å². The van der Waals surface area contributed by atoms with Crippen molar-refractivity contribution in [3.8, 4) is 0 Å². The van der Waals surface area contributed by atoms with Gasteiger partial charge in [0.15, 0.2) is 0 Å². The molecule has 1 aliphatic heterocycles. The van der Waals surface area contributed by atoms with Gasteiger partial charge in [-0.2, -0.15) is 0 Å². The molecule has 0 aliphatic carbocycles. The van der Waals surface area contributed by atoms with E-state index >= 15 is 0 Å². The van der Waals surface area contributed by atoms with E-state index in [9.17, 15) is 9.59 Å². The molecule has 0 fully saturated rings. The van der Waals surface area contributed by atoms with E-state index in [0.29, 0.717) is 17.9 Å². The van der Waals surface area contributed by atoms with Gasteiger partial charge in [-0.15, -0.1) is 0 Å². The van der Waals surface area contributed by atoms with Crippen molar-refractivity contribution in [1.29, 1.82) is 0 Å². The maximum Gasteiger partial charge on any atom is 0.314 e. The Bertz CT molecular complexity index is 947. The van der Waals surface area contributed by atoms with Crippen LogP contribution in [0.15, 0.2) is 58.5 Å². The summed E-state index contributed by atoms with van der Waals surface area (Å²) in [5, 5.41) is 5.38. The average molecular weight is 362 g/mol. The molecule has 6 nitrogen and oxygen atoms in total. The highest BCUT2D eigenvalue weighted by Gasteiger charge is 2.18. The molecule has 0 saturated heterocycles. The monoisotopic (exact) mass is 362 g/mol. The molecule has 2 amide bonds. The van der Waals surface area contributed by atoms with Crippen molar-refractivity contribution >= 4 is 34.6 Å². The van der Waals surface area contributed by atoms with E-state index in [1.807, 2.05) is 45.0 Å². The number of para-hydroxylation sites is 2. The predicted octanol–water partition coefficient (Wildman–Crippen LogP) is 3.28. The Morgan fingerprint density at radius 2 is 1.30 bits per heavy atom. The van der Waals surface area contributed by atoms with Crippen LogP contribution >= 0.6 is 0 Å². The average Bonchev–Trinajstić information content (AvgIpc) is 2.66. The number of carbonyl (C=O) groups excluding carboxylic acids is 2. The zero-order valence-electron chi connectivity index (χ0n) is 15.6. The lowest BCUT2D eigenvalue weighted by molar-refractivity contribution is -0.133. The number of nitrogens with one attached hydrogen (secondary N) is 2. The molecule has 6 heteroatoms. The Kier molecular flexibility index (Phi) is 5.45. The van der Waals surface area contributed by atoms with Gasteiger partial charge in [0.25, 0.3) is 0 Å². The van der Waals surface area contributed by atoms with Crippen LogP contribution in [-0.4, -0.2) is 35.8 Å². The molecule has 2 N–H and O–H groups in total. The standard InChI is InChI=1S/C21H22N4O2/c1-13-12-22-14(2)16-8-4-6-10-18(16)24-20(26)21(27)25-19-11-7-5-9-17(19)15(3)23-13/h4-11,13H,12H2,1-3H3,(H,24,26)(H,25,27). The Morgan fingerprint density at radius 3 is 1.85 bits per heavy atom. The maximum absolute atomic E-state index is 12.4. The first-order valence-corrected chi connectivity index (χ1v) is 8.82. The molecule has 138 valence electrons. The summed E-state index contributed by atoms with van der Waals surface area (Å²) in [6.45, 7) is 6.30. The van der Waals surface area contributed by atoms with Crippen LogP contribution in [0.5, 0.6) is 0 Å². The molecule has 27 heavy (non-hydrogen) atoms. The summed E-state index contributed by atoms with van der Waals surface area (Å²) in [5.74, 6) is -1.46. The van der Waals surface area contributed by atoms with E-state index in [4.69, 9.17) is 4.99 Å². The van der Waals surface area contributed by atoms with Gasteiger partial charge in [-0.25, -0.2) is 0 Å². The number of hydrogen-bond donors (Lipinski definition) is 2. The Labute approximate surface area is 158 Å². The van der Waals surface area contributed by atoms with Crippen LogP contribution in [0, 0.1) is 0 Å². The Balaban J connectivity index is 2.07. The zero-order valence-corrected chi connectivity index (χ0v) is 15.6. The van der Waals surface area contributed by atoms with E-state index < -0.39 is 11.8 Å². The smallest absolute Gasteiger partial charge is 0.314 e. The number of benzene rings is 2. The third kappa shape index (κ3) is 4.28. The van der Waals surface area contributed by atoms with E-state index in [1.165, 1.54) is 0 Å². The summed E-state index contributed by atoms with van der Waals surface area (Å²) in [7, 11) is 0. The van der Waals surface area contributed by atoms with Gasteiger partial charge in [-0.3, -0.25) is 19.6 Å². The topological polar surface area (TPSA) is 82.9 Å². The van der Waals surface area contributed by atoms with Gasteiger partial charge in [-0.05, 0) is 32.9 Å². The van der Waals surface area contributed by atoms with Crippen molar-refractivity contribution in [3.63, 3.8) is 0 Å². The largest absolute Gasteiger partial charge is 0.317 e. The summed E-state index contributed by atoms with van der Waals surface area (Å²) in [4.78, 5) is 34.1. The molecule has 0 bridgehead atoms. The predicted molar refractivity (Wildman–Crippen MR) is 109 cm³/mol. The summed E-state index contributed by atoms with van der Waals surface area (Å²) in [5.41, 5.74) is 4.23. The van der Waals surface area contributed by atoms with Crippen LogP contribution in [0.2, 0.25) is 0 Å². The SMILES string of the molecule is CC1=NCC(C)N=C(C)c2ccccc2NC(=O)C(=O)Nc2ccccc21. The van der Waals surface area contributed by atoms with Crippen LogP contribution in [0.3, 0.4) is 0 Å². The third-order valence-corrected chi connectivity index (χ3v) is 4.34. The molecule has 3 rings (SSSR count). The van der Waals surface area contributed by atoms with E-state index in [2.05, 4.69) is 15.6 Å². The number of rotatable bonds is 0. The second-order valence-electron chi connectivity index (χ2n) is 6.49. The van der Waals surface area contributed by atoms with Crippen molar-refractivity contribution in [2.24, 2.45) is 9.98 Å². The minimum atomic E-state index is -0.732. The molecular weight excluding hydrogens is 340 g/mol. The number of amides is 2. The molecule has 0 radical (unpaired) electrons. The van der Waals surface area contributed by atoms with Gasteiger partial charge < -0.3 is 10.6 Å². The van der Waals surface area contributed by atoms with Crippen LogP contribution in [0.1, 0.15) is 31.9 Å². The fourth-order valence-corrected chi connectivity index (χ4v) is 2.97. The number of nitrogens with zero attached hydrogens (tertiary/aromatic N) is 2. The highest BCUT2D eigenvalue weighted by Crippen LogP contribution is 2.19. The molecule has 2 aromatic carbocycles. The molecule has 1 aliphatic rings. The van der Waals surface area contributed by atoms with E-state index in [-0.39, 0.29) is 6.04 Å². The van der Waals surface area contributed by atoms with Crippen molar-refractivity contribution in [2.75, 3.05) is 17.2 Å². The molecule has 0 spiro atoms. The summed E-state index contributed by atoms with van der Waals surface area (Å²) >= 11 is 0. The molecule has 1 heterocycles. The van der Waals surface area contributed by atoms with Gasteiger partial charge in [0.1, 0.15) is 0 Å². The second kappa shape index (κ2) is 7.95. The summed E-state index contributed by atoms with van der Waals surface area (Å²) < 4.78 is 0. The zero-order chi connectivity index (χ0) is 19.4. The number of fused-ring (bicyclic) bond motifs is 2. The highest BCUT2D eigenvalue weighted by molar-refractivity contribution is 6.44.